The second-order valence-corrected chi connectivity index (χ2v) is 31.1. The number of benzene rings is 10. The second-order valence-electron chi connectivity index (χ2n) is 31.1. The number of carbonyl (C=O) groups excluding carboxylic acids is 2. The van der Waals surface area contributed by atoms with Crippen molar-refractivity contribution in [1.29, 1.82) is 0 Å². The van der Waals surface area contributed by atoms with Crippen molar-refractivity contribution in [3.63, 3.8) is 0 Å². The molecule has 0 saturated heterocycles. The number of hydrogen-bond donors (Lipinski definition) is 4. The number of carbonyl (C=O) groups is 2. The Morgan fingerprint density at radius 3 is 0.786 bits per heavy atom. The van der Waals surface area contributed by atoms with Gasteiger partial charge in [0.25, 0.3) is 0 Å². The van der Waals surface area contributed by atoms with E-state index < -0.39 is 35.0 Å². The zero-order chi connectivity index (χ0) is 75.7. The van der Waals surface area contributed by atoms with Crippen molar-refractivity contribution >= 4 is 124 Å². The van der Waals surface area contributed by atoms with E-state index in [4.69, 9.17) is 29.4 Å². The average molecular weight is 1450 g/mol. The highest BCUT2D eigenvalue weighted by molar-refractivity contribution is 6.25. The van der Waals surface area contributed by atoms with Crippen molar-refractivity contribution in [1.82, 2.24) is 39.9 Å². The summed E-state index contributed by atoms with van der Waals surface area (Å²) in [5, 5.41) is 4.34. The number of ether oxygens (including phenoxy) is 2. The molecule has 2 atom stereocenters. The average Bonchev–Trinajstić information content (AvgIpc) is 1.52. The normalized spacial score (nSPS) is 14.0. The molecule has 112 heavy (non-hydrogen) atoms. The van der Waals surface area contributed by atoms with Crippen LogP contribution < -0.4 is 0 Å². The van der Waals surface area contributed by atoms with Crippen LogP contribution in [0.2, 0.25) is 0 Å². The molecule has 12 nitrogen and oxygen atoms in total. The van der Waals surface area contributed by atoms with Crippen LogP contribution in [0.15, 0.2) is 279 Å². The van der Waals surface area contributed by atoms with Crippen LogP contribution in [0.4, 0.5) is 0 Å². The first-order valence-electron chi connectivity index (χ1n) is 38.1. The van der Waals surface area contributed by atoms with Gasteiger partial charge in [-0.15, -0.1) is 0 Å². The summed E-state index contributed by atoms with van der Waals surface area (Å²) >= 11 is 0. The molecule has 0 amide bonds. The summed E-state index contributed by atoms with van der Waals surface area (Å²) in [5.74, 6) is -3.14. The van der Waals surface area contributed by atoms with Gasteiger partial charge in [-0.2, -0.15) is 0 Å². The minimum Gasteiger partial charge on any atom is -0.456 e. The van der Waals surface area contributed by atoms with E-state index in [9.17, 15) is 0 Å². The van der Waals surface area contributed by atoms with Gasteiger partial charge in [0.1, 0.15) is 11.2 Å². The summed E-state index contributed by atoms with van der Waals surface area (Å²) < 4.78 is 13.8. The van der Waals surface area contributed by atoms with Crippen molar-refractivity contribution in [3.05, 3.63) is 335 Å². The lowest BCUT2D eigenvalue weighted by Gasteiger charge is -2.29. The molecule has 6 aromatic heterocycles. The largest absolute Gasteiger partial charge is 0.456 e. The maximum absolute atomic E-state index is 16.9. The van der Waals surface area contributed by atoms with Crippen LogP contribution in [-0.2, 0) is 9.47 Å². The van der Waals surface area contributed by atoms with Gasteiger partial charge in [0.05, 0.1) is 56.3 Å². The third-order valence-corrected chi connectivity index (χ3v) is 21.8. The molecule has 10 aromatic carbocycles. The van der Waals surface area contributed by atoms with Crippen LogP contribution in [0, 0.1) is 0 Å². The number of esters is 2. The Hall–Kier alpha value is -14.1. The van der Waals surface area contributed by atoms with E-state index in [1.54, 1.807) is 0 Å². The van der Waals surface area contributed by atoms with Crippen molar-refractivity contribution < 1.29 is 19.1 Å². The van der Waals surface area contributed by atoms with Crippen molar-refractivity contribution in [2.75, 3.05) is 0 Å². The van der Waals surface area contributed by atoms with E-state index >= 15 is 9.59 Å². The van der Waals surface area contributed by atoms with Crippen molar-refractivity contribution in [2.24, 2.45) is 0 Å². The van der Waals surface area contributed by atoms with Crippen LogP contribution in [0.25, 0.3) is 179 Å². The number of nitrogens with one attached hydrogen (secondary N) is 4. The van der Waals surface area contributed by atoms with Gasteiger partial charge in [-0.05, 0) is 169 Å². The number of H-pyrrole nitrogens is 4. The molecular formula is C100H74N8O4. The maximum atomic E-state index is 16.9. The zero-order valence-corrected chi connectivity index (χ0v) is 62.4. The Morgan fingerprint density at radius 2 is 0.509 bits per heavy atom. The molecule has 16 bridgehead atoms. The van der Waals surface area contributed by atoms with Gasteiger partial charge in [0, 0.05) is 111 Å². The smallest absolute Gasteiger partial charge is 0.339 e. The molecule has 12 heteroatoms. The van der Waals surface area contributed by atoms with E-state index in [0.29, 0.717) is 55.4 Å². The minimum absolute atomic E-state index is 0.331. The summed E-state index contributed by atoms with van der Waals surface area (Å²) in [4.78, 5) is 74.0. The highest BCUT2D eigenvalue weighted by atomic mass is 16.6. The van der Waals surface area contributed by atoms with Gasteiger partial charge in [0.2, 0.25) is 0 Å². The number of aromatic nitrogens is 8. The van der Waals surface area contributed by atoms with E-state index in [1.807, 2.05) is 114 Å². The highest BCUT2D eigenvalue weighted by Gasteiger charge is 2.47. The molecule has 0 aliphatic carbocycles. The monoisotopic (exact) mass is 1450 g/mol. The summed E-state index contributed by atoms with van der Waals surface area (Å²) in [6.45, 7) is 11.5. The predicted molar refractivity (Wildman–Crippen MR) is 457 cm³/mol. The molecule has 20 rings (SSSR count). The predicted octanol–water partition coefficient (Wildman–Crippen LogP) is 24.8. The van der Waals surface area contributed by atoms with E-state index in [0.717, 1.165) is 155 Å². The van der Waals surface area contributed by atoms with Crippen LogP contribution in [0.1, 0.15) is 119 Å². The van der Waals surface area contributed by atoms with E-state index in [2.05, 4.69) is 250 Å². The lowest BCUT2D eigenvalue weighted by atomic mass is 9.72. The van der Waals surface area contributed by atoms with Gasteiger partial charge in [-0.25, -0.2) is 19.6 Å². The van der Waals surface area contributed by atoms with Crippen molar-refractivity contribution in [2.45, 2.75) is 64.6 Å². The van der Waals surface area contributed by atoms with Crippen LogP contribution in [-0.4, -0.2) is 63.0 Å². The molecule has 16 aromatic rings. The third-order valence-electron chi connectivity index (χ3n) is 21.8. The van der Waals surface area contributed by atoms with E-state index in [1.165, 1.54) is 0 Å². The Kier molecular flexibility index (Phi) is 15.8. The fourth-order valence-electron chi connectivity index (χ4n) is 17.4. The molecule has 4 aliphatic heterocycles. The summed E-state index contributed by atoms with van der Waals surface area (Å²) in [5.41, 5.74) is 22.1. The Bertz CT molecular complexity index is 6620. The van der Waals surface area contributed by atoms with Crippen LogP contribution in [0.5, 0.6) is 0 Å². The SMILES string of the molecule is CC(C)(C)OC(=O)c1c2c3nc(c(-c4ccccc4)c4ccc([nH]4)c(-c4ccccc4)c4nc(c(-c5ccccc5)c5ccc([nH]5)c3c3ccccc13)C=C4)C2C1c2nc3c1c(C(=O)OC(C)(C)C)c1ccccc1c3c1ccc([nH]1)c(-c1ccccc1)c1nc(c(-c3ccccc3)c3ccc([nH]3)c2-c2ccccc2)C=C1. The number of fused-ring (bicyclic) bond motifs is 20. The van der Waals surface area contributed by atoms with Gasteiger partial charge in [-0.3, -0.25) is 9.97 Å². The Morgan fingerprint density at radius 1 is 0.277 bits per heavy atom. The number of rotatable bonds is 9. The molecule has 4 N–H and O–H groups in total. The lowest BCUT2D eigenvalue weighted by Crippen LogP contribution is -2.27. The fourth-order valence-corrected chi connectivity index (χ4v) is 17.4. The molecule has 0 radical (unpaired) electrons. The lowest BCUT2D eigenvalue weighted by molar-refractivity contribution is 0.00569. The molecule has 0 spiro atoms. The molecule has 538 valence electrons. The zero-order valence-electron chi connectivity index (χ0n) is 62.4. The van der Waals surface area contributed by atoms with Gasteiger partial charge in [0.15, 0.2) is 0 Å². The van der Waals surface area contributed by atoms with Gasteiger partial charge < -0.3 is 29.4 Å². The molecule has 0 fully saturated rings. The first-order valence-corrected chi connectivity index (χ1v) is 38.1. The summed E-state index contributed by atoms with van der Waals surface area (Å²) in [6, 6.07) is 95.8. The van der Waals surface area contributed by atoms with Crippen LogP contribution >= 0.6 is 0 Å². The quantitative estimate of drug-likeness (QED) is 0.104. The molecule has 4 aliphatic rings. The Labute approximate surface area is 645 Å². The third kappa shape index (κ3) is 11.3. The summed E-state index contributed by atoms with van der Waals surface area (Å²) in [6.07, 6.45) is 8.46. The van der Waals surface area contributed by atoms with Crippen molar-refractivity contribution in [3.8, 4) is 66.8 Å². The molecule has 0 saturated carbocycles. The molecule has 2 unspecified atom stereocenters. The number of nitrogens with zero attached hydrogens (tertiary/aromatic N) is 4. The van der Waals surface area contributed by atoms with Crippen LogP contribution in [0.3, 0.4) is 0 Å². The summed E-state index contributed by atoms with van der Waals surface area (Å²) in [7, 11) is 0. The fraction of sp³-hybridized carbons (Fsp3) is 0.100. The molecule has 10 heterocycles. The number of aromatic amines is 4. The maximum Gasteiger partial charge on any atom is 0.339 e. The minimum atomic E-state index is -1.03. The first kappa shape index (κ1) is 67.3. The first-order chi connectivity index (χ1) is 54.6. The van der Waals surface area contributed by atoms with Gasteiger partial charge >= 0.3 is 11.9 Å². The van der Waals surface area contributed by atoms with Gasteiger partial charge in [-0.1, -0.05) is 231 Å². The second kappa shape index (κ2) is 26.4. The van der Waals surface area contributed by atoms with E-state index in [-0.39, 0.29) is 0 Å². The molecular weight excluding hydrogens is 1380 g/mol. The number of hydrogen-bond acceptors (Lipinski definition) is 8. The Balaban J connectivity index is 1.06. The standard InChI is InChI=1S/C100H74N8O4/c1-99(2,3)111-97(109)87-65-43-27-25-41-63(65)85-77-55-51-73(105-77)81(59-33-17-9-18-34-59)69-47-45-67(101-69)79(57-29-13-7-14-30-57)71-49-53-75(103-71)83(61-37-21-11-22-38-61)93-91(89(87)95(85)107-93)92-90-88(98(110)112-100(4,5)6)66-44-28-26-42-64(66)86-78-56-52-74(106-78)82(60-35-19-10-20-36-60)70-48-46-68(102-70)80(58-31-15-8-16-32-58)72-50-54-76(104-72)84(94(92)108-96(86)90)62-39-23-12-24-40-62/h7-56,91-92,103-106H,1-6H3. The topological polar surface area (TPSA) is 167 Å². The highest BCUT2D eigenvalue weighted by Crippen LogP contribution is 2.59.